The lowest BCUT2D eigenvalue weighted by Gasteiger charge is -2.38. The van der Waals surface area contributed by atoms with E-state index in [4.69, 9.17) is 9.47 Å². The molecule has 1 saturated heterocycles. The number of carbonyl (C=O) groups is 2. The van der Waals surface area contributed by atoms with Gasteiger partial charge in [-0.15, -0.1) is 0 Å². The first-order valence-electron chi connectivity index (χ1n) is 11.6. The predicted octanol–water partition coefficient (Wildman–Crippen LogP) is 3.88. The van der Waals surface area contributed by atoms with Crippen LogP contribution in [0.1, 0.15) is 46.9 Å². The second-order valence-corrected chi connectivity index (χ2v) is 7.99. The normalized spacial score (nSPS) is 14.8. The van der Waals surface area contributed by atoms with Crippen LogP contribution < -0.4 is 0 Å². The van der Waals surface area contributed by atoms with Crippen LogP contribution >= 0.6 is 0 Å². The van der Waals surface area contributed by atoms with E-state index in [9.17, 15) is 9.59 Å². The second-order valence-electron chi connectivity index (χ2n) is 7.99. The molecule has 0 bridgehead atoms. The minimum atomic E-state index is -0.325. The maximum Gasteiger partial charge on any atom is 0.338 e. The molecule has 6 nitrogen and oxygen atoms in total. The molecule has 1 amide bonds. The van der Waals surface area contributed by atoms with Crippen molar-refractivity contribution in [1.29, 1.82) is 0 Å². The topological polar surface area (TPSA) is 59.1 Å². The summed E-state index contributed by atoms with van der Waals surface area (Å²) in [6.07, 6.45) is 2.49. The Morgan fingerprint density at radius 2 is 1.56 bits per heavy atom. The van der Waals surface area contributed by atoms with Crippen molar-refractivity contribution in [3.05, 3.63) is 71.8 Å². The lowest BCUT2D eigenvalue weighted by Crippen LogP contribution is -2.48. The average molecular weight is 439 g/mol. The van der Waals surface area contributed by atoms with Crippen LogP contribution in [0.15, 0.2) is 60.7 Å². The van der Waals surface area contributed by atoms with Gasteiger partial charge in [0.05, 0.1) is 18.8 Å². The molecule has 0 aliphatic carbocycles. The first kappa shape index (κ1) is 24.0. The Labute approximate surface area is 191 Å². The van der Waals surface area contributed by atoms with Crippen molar-refractivity contribution < 1.29 is 19.1 Å². The minimum absolute atomic E-state index is 0.0488. The van der Waals surface area contributed by atoms with Gasteiger partial charge in [0, 0.05) is 44.4 Å². The second kappa shape index (κ2) is 13.0. The van der Waals surface area contributed by atoms with E-state index in [1.165, 1.54) is 0 Å². The third-order valence-corrected chi connectivity index (χ3v) is 5.82. The van der Waals surface area contributed by atoms with Gasteiger partial charge in [-0.25, -0.2) is 4.79 Å². The molecule has 172 valence electrons. The molecule has 6 heteroatoms. The largest absolute Gasteiger partial charge is 0.462 e. The maximum absolute atomic E-state index is 13.3. The lowest BCUT2D eigenvalue weighted by atomic mass is 10.0. The van der Waals surface area contributed by atoms with Gasteiger partial charge in [0.1, 0.15) is 0 Å². The number of hydrogen-bond donors (Lipinski definition) is 0. The number of nitrogens with zero attached hydrogens (tertiary/aromatic N) is 2. The van der Waals surface area contributed by atoms with E-state index >= 15 is 0 Å². The van der Waals surface area contributed by atoms with Crippen molar-refractivity contribution in [2.45, 2.75) is 32.2 Å². The van der Waals surface area contributed by atoms with Crippen molar-refractivity contribution in [2.75, 3.05) is 46.0 Å². The van der Waals surface area contributed by atoms with Gasteiger partial charge >= 0.3 is 5.97 Å². The molecule has 1 fully saturated rings. The van der Waals surface area contributed by atoms with Gasteiger partial charge < -0.3 is 19.3 Å². The van der Waals surface area contributed by atoms with Gasteiger partial charge in [0.15, 0.2) is 0 Å². The first-order chi connectivity index (χ1) is 15.7. The molecule has 0 atom stereocenters. The summed E-state index contributed by atoms with van der Waals surface area (Å²) in [5, 5.41) is 0. The Morgan fingerprint density at radius 1 is 0.938 bits per heavy atom. The molecule has 32 heavy (non-hydrogen) atoms. The number of piperidine rings is 1. The zero-order valence-corrected chi connectivity index (χ0v) is 18.9. The van der Waals surface area contributed by atoms with E-state index in [1.807, 2.05) is 60.4 Å². The molecular weight excluding hydrogens is 404 g/mol. The van der Waals surface area contributed by atoms with Crippen LogP contribution in [0.25, 0.3) is 0 Å². The zero-order valence-electron chi connectivity index (χ0n) is 18.9. The Morgan fingerprint density at radius 3 is 2.19 bits per heavy atom. The van der Waals surface area contributed by atoms with Crippen LogP contribution in [0.5, 0.6) is 0 Å². The van der Waals surface area contributed by atoms with Crippen LogP contribution in [0, 0.1) is 0 Å². The molecule has 1 aliphatic rings. The Kier molecular flexibility index (Phi) is 9.72. The Hall–Kier alpha value is -2.70. The van der Waals surface area contributed by atoms with Gasteiger partial charge in [-0.05, 0) is 50.5 Å². The molecule has 0 aromatic heterocycles. The highest BCUT2D eigenvalue weighted by molar-refractivity contribution is 5.94. The molecule has 0 radical (unpaired) electrons. The van der Waals surface area contributed by atoms with Crippen molar-refractivity contribution in [1.82, 2.24) is 9.80 Å². The number of benzene rings is 2. The van der Waals surface area contributed by atoms with E-state index in [1.54, 1.807) is 12.1 Å². The fraction of sp³-hybridized carbons (Fsp3) is 0.462. The highest BCUT2D eigenvalue weighted by atomic mass is 16.5. The molecule has 1 heterocycles. The molecule has 2 aromatic carbocycles. The molecule has 1 aliphatic heterocycles. The van der Waals surface area contributed by atoms with Crippen LogP contribution in [0.4, 0.5) is 0 Å². The number of esters is 1. The molecule has 0 spiro atoms. The SMILES string of the molecule is CCOCCN1CCC(N(CCCOC(=O)c2ccccc2)C(=O)c2ccccc2)CC1. The van der Waals surface area contributed by atoms with E-state index in [0.29, 0.717) is 30.7 Å². The molecule has 2 aromatic rings. The summed E-state index contributed by atoms with van der Waals surface area (Å²) in [5.74, 6) is -0.276. The lowest BCUT2D eigenvalue weighted by molar-refractivity contribution is 0.0422. The third-order valence-electron chi connectivity index (χ3n) is 5.82. The van der Waals surface area contributed by atoms with Crippen molar-refractivity contribution in [3.63, 3.8) is 0 Å². The van der Waals surface area contributed by atoms with E-state index in [2.05, 4.69) is 4.90 Å². The summed E-state index contributed by atoms with van der Waals surface area (Å²) >= 11 is 0. The summed E-state index contributed by atoms with van der Waals surface area (Å²) in [6.45, 7) is 7.21. The minimum Gasteiger partial charge on any atom is -0.462 e. The number of ether oxygens (including phenoxy) is 2. The smallest absolute Gasteiger partial charge is 0.338 e. The van der Waals surface area contributed by atoms with Crippen molar-refractivity contribution >= 4 is 11.9 Å². The number of likely N-dealkylation sites (tertiary alicyclic amines) is 1. The number of hydrogen-bond acceptors (Lipinski definition) is 5. The maximum atomic E-state index is 13.3. The quantitative estimate of drug-likeness (QED) is 0.394. The molecular formula is C26H34N2O4. The molecule has 3 rings (SSSR count). The Bertz CT molecular complexity index is 820. The highest BCUT2D eigenvalue weighted by Crippen LogP contribution is 2.20. The number of amides is 1. The van der Waals surface area contributed by atoms with Gasteiger partial charge in [0.25, 0.3) is 5.91 Å². The molecule has 0 unspecified atom stereocenters. The summed E-state index contributed by atoms with van der Waals surface area (Å²) in [4.78, 5) is 29.8. The van der Waals surface area contributed by atoms with Crippen molar-refractivity contribution in [3.8, 4) is 0 Å². The van der Waals surface area contributed by atoms with Crippen LogP contribution in [-0.4, -0.2) is 73.7 Å². The van der Waals surface area contributed by atoms with Gasteiger partial charge in [0.2, 0.25) is 0 Å². The standard InChI is InChI=1S/C26H34N2O4/c1-2-31-21-19-27-17-14-24(15-18-27)28(25(29)22-10-5-3-6-11-22)16-9-20-32-26(30)23-12-7-4-8-13-23/h3-8,10-13,24H,2,9,14-21H2,1H3. The van der Waals surface area contributed by atoms with Crippen LogP contribution in [0.3, 0.4) is 0 Å². The first-order valence-corrected chi connectivity index (χ1v) is 11.6. The molecule has 0 N–H and O–H groups in total. The van der Waals surface area contributed by atoms with Gasteiger partial charge in [-0.3, -0.25) is 4.79 Å². The summed E-state index contributed by atoms with van der Waals surface area (Å²) in [5.41, 5.74) is 1.25. The molecule has 0 saturated carbocycles. The zero-order chi connectivity index (χ0) is 22.6. The average Bonchev–Trinajstić information content (AvgIpc) is 2.85. The summed E-state index contributed by atoms with van der Waals surface area (Å²) < 4.78 is 10.9. The van der Waals surface area contributed by atoms with Gasteiger partial charge in [-0.2, -0.15) is 0 Å². The summed E-state index contributed by atoms with van der Waals surface area (Å²) in [6, 6.07) is 18.6. The Balaban J connectivity index is 1.54. The third kappa shape index (κ3) is 7.18. The monoisotopic (exact) mass is 438 g/mol. The van der Waals surface area contributed by atoms with E-state index in [-0.39, 0.29) is 17.9 Å². The van der Waals surface area contributed by atoms with Crippen molar-refractivity contribution in [2.24, 2.45) is 0 Å². The van der Waals surface area contributed by atoms with E-state index < -0.39 is 0 Å². The van der Waals surface area contributed by atoms with Crippen LogP contribution in [0.2, 0.25) is 0 Å². The fourth-order valence-corrected chi connectivity index (χ4v) is 4.05. The number of carbonyl (C=O) groups excluding carboxylic acids is 2. The number of rotatable bonds is 11. The summed E-state index contributed by atoms with van der Waals surface area (Å²) in [7, 11) is 0. The van der Waals surface area contributed by atoms with Crippen LogP contribution in [-0.2, 0) is 9.47 Å². The fourth-order valence-electron chi connectivity index (χ4n) is 4.05. The predicted molar refractivity (Wildman–Crippen MR) is 125 cm³/mol. The van der Waals surface area contributed by atoms with E-state index in [0.717, 1.165) is 45.7 Å². The van der Waals surface area contributed by atoms with Gasteiger partial charge in [-0.1, -0.05) is 36.4 Å². The highest BCUT2D eigenvalue weighted by Gasteiger charge is 2.28.